The van der Waals surface area contributed by atoms with E-state index in [2.05, 4.69) is 12.2 Å². The molecule has 21 heavy (non-hydrogen) atoms. The highest BCUT2D eigenvalue weighted by Crippen LogP contribution is 2.27. The second-order valence-electron chi connectivity index (χ2n) is 4.71. The molecule has 114 valence electrons. The Labute approximate surface area is 126 Å². The molecule has 0 aliphatic carbocycles. The molecule has 0 saturated heterocycles. The van der Waals surface area contributed by atoms with Crippen LogP contribution in [-0.4, -0.2) is 13.2 Å². The Kier molecular flexibility index (Phi) is 6.16. The van der Waals surface area contributed by atoms with Crippen LogP contribution in [-0.2, 0) is 13.2 Å². The molecule has 2 rings (SSSR count). The van der Waals surface area contributed by atoms with Crippen molar-refractivity contribution in [2.45, 2.75) is 33.4 Å². The monoisotopic (exact) mass is 289 g/mol. The first-order valence-electron chi connectivity index (χ1n) is 7.45. The van der Waals surface area contributed by atoms with Crippen molar-refractivity contribution >= 4 is 0 Å². The number of nitrogens with one attached hydrogen (secondary N) is 1. The van der Waals surface area contributed by atoms with E-state index < -0.39 is 0 Å². The van der Waals surface area contributed by atoms with Gasteiger partial charge in [0.05, 0.1) is 12.9 Å². The van der Waals surface area contributed by atoms with Gasteiger partial charge in [0.25, 0.3) is 0 Å². The summed E-state index contributed by atoms with van der Waals surface area (Å²) < 4.78 is 16.9. The smallest absolute Gasteiger partial charge is 0.161 e. The van der Waals surface area contributed by atoms with Crippen molar-refractivity contribution in [2.75, 3.05) is 13.2 Å². The van der Waals surface area contributed by atoms with Gasteiger partial charge in [-0.2, -0.15) is 0 Å². The SMILES string of the molecule is CCCNCc1ccoc1COc1ccccc1OCC. The number of para-hydroxylation sites is 2. The highest BCUT2D eigenvalue weighted by Gasteiger charge is 2.09. The Balaban J connectivity index is 1.95. The summed E-state index contributed by atoms with van der Waals surface area (Å²) in [5.41, 5.74) is 1.14. The normalized spacial score (nSPS) is 10.6. The van der Waals surface area contributed by atoms with Gasteiger partial charge >= 0.3 is 0 Å². The zero-order chi connectivity index (χ0) is 14.9. The van der Waals surface area contributed by atoms with Gasteiger partial charge in [0, 0.05) is 12.1 Å². The summed E-state index contributed by atoms with van der Waals surface area (Å²) in [5, 5.41) is 3.37. The molecule has 1 N–H and O–H groups in total. The van der Waals surface area contributed by atoms with Gasteiger partial charge in [0.15, 0.2) is 11.5 Å². The van der Waals surface area contributed by atoms with Crippen LogP contribution in [0.15, 0.2) is 41.0 Å². The lowest BCUT2D eigenvalue weighted by Crippen LogP contribution is -2.14. The van der Waals surface area contributed by atoms with E-state index in [1.54, 1.807) is 6.26 Å². The number of hydrogen-bond acceptors (Lipinski definition) is 4. The second kappa shape index (κ2) is 8.37. The molecule has 0 aliphatic rings. The molecule has 0 radical (unpaired) electrons. The van der Waals surface area contributed by atoms with E-state index in [0.717, 1.165) is 42.3 Å². The molecule has 0 amide bonds. The van der Waals surface area contributed by atoms with Crippen LogP contribution in [0, 0.1) is 0 Å². The maximum atomic E-state index is 5.83. The van der Waals surface area contributed by atoms with E-state index in [1.807, 2.05) is 37.3 Å². The Morgan fingerprint density at radius 3 is 2.52 bits per heavy atom. The molecule has 0 atom stereocenters. The summed E-state index contributed by atoms with van der Waals surface area (Å²) in [6, 6.07) is 9.66. The average Bonchev–Trinajstić information content (AvgIpc) is 2.94. The fourth-order valence-electron chi connectivity index (χ4n) is 2.04. The van der Waals surface area contributed by atoms with Gasteiger partial charge in [-0.15, -0.1) is 0 Å². The van der Waals surface area contributed by atoms with Crippen molar-refractivity contribution in [2.24, 2.45) is 0 Å². The molecule has 4 heteroatoms. The summed E-state index contributed by atoms with van der Waals surface area (Å²) in [6.45, 7) is 6.93. The van der Waals surface area contributed by atoms with Gasteiger partial charge in [-0.3, -0.25) is 0 Å². The van der Waals surface area contributed by atoms with Crippen LogP contribution < -0.4 is 14.8 Å². The van der Waals surface area contributed by atoms with E-state index in [9.17, 15) is 0 Å². The fraction of sp³-hybridized carbons (Fsp3) is 0.412. The lowest BCUT2D eigenvalue weighted by Gasteiger charge is -2.11. The van der Waals surface area contributed by atoms with Crippen molar-refractivity contribution < 1.29 is 13.9 Å². The molecule has 4 nitrogen and oxygen atoms in total. The maximum absolute atomic E-state index is 5.83. The topological polar surface area (TPSA) is 43.6 Å². The maximum Gasteiger partial charge on any atom is 0.161 e. The second-order valence-corrected chi connectivity index (χ2v) is 4.71. The zero-order valence-electron chi connectivity index (χ0n) is 12.7. The first-order chi connectivity index (χ1) is 10.3. The van der Waals surface area contributed by atoms with Crippen LogP contribution >= 0.6 is 0 Å². The van der Waals surface area contributed by atoms with E-state index >= 15 is 0 Å². The minimum atomic E-state index is 0.403. The summed E-state index contributed by atoms with van der Waals surface area (Å²) >= 11 is 0. The van der Waals surface area contributed by atoms with Gasteiger partial charge < -0.3 is 19.2 Å². The molecule has 1 aromatic carbocycles. The van der Waals surface area contributed by atoms with Crippen molar-refractivity contribution in [3.63, 3.8) is 0 Å². The van der Waals surface area contributed by atoms with Crippen LogP contribution in [0.2, 0.25) is 0 Å². The van der Waals surface area contributed by atoms with Gasteiger partial charge in [0.2, 0.25) is 0 Å². The Bertz CT molecular complexity index is 536. The van der Waals surface area contributed by atoms with Crippen LogP contribution in [0.25, 0.3) is 0 Å². The third-order valence-corrected chi connectivity index (χ3v) is 3.09. The molecule has 1 heterocycles. The number of ether oxygens (including phenoxy) is 2. The third kappa shape index (κ3) is 4.53. The minimum Gasteiger partial charge on any atom is -0.490 e. The predicted molar refractivity (Wildman–Crippen MR) is 82.6 cm³/mol. The molecular formula is C17H23NO3. The minimum absolute atomic E-state index is 0.403. The Morgan fingerprint density at radius 2 is 1.81 bits per heavy atom. The van der Waals surface area contributed by atoms with Crippen molar-refractivity contribution in [1.82, 2.24) is 5.32 Å². The first kappa shape index (κ1) is 15.4. The molecule has 2 aromatic rings. The summed E-state index contributed by atoms with van der Waals surface area (Å²) in [7, 11) is 0. The largest absolute Gasteiger partial charge is 0.490 e. The van der Waals surface area contributed by atoms with E-state index in [-0.39, 0.29) is 0 Å². The molecule has 1 aromatic heterocycles. The van der Waals surface area contributed by atoms with E-state index in [0.29, 0.717) is 13.2 Å². The zero-order valence-corrected chi connectivity index (χ0v) is 12.7. The van der Waals surface area contributed by atoms with Crippen LogP contribution in [0.4, 0.5) is 0 Å². The van der Waals surface area contributed by atoms with Crippen molar-refractivity contribution in [3.8, 4) is 11.5 Å². The number of rotatable bonds is 9. The van der Waals surface area contributed by atoms with Crippen LogP contribution in [0.1, 0.15) is 31.6 Å². The molecular weight excluding hydrogens is 266 g/mol. The molecule has 0 spiro atoms. The highest BCUT2D eigenvalue weighted by atomic mass is 16.5. The number of benzene rings is 1. The third-order valence-electron chi connectivity index (χ3n) is 3.09. The number of furan rings is 1. The Hall–Kier alpha value is -1.94. The van der Waals surface area contributed by atoms with Crippen molar-refractivity contribution in [3.05, 3.63) is 47.9 Å². The molecule has 0 saturated carbocycles. The van der Waals surface area contributed by atoms with E-state index in [4.69, 9.17) is 13.9 Å². The first-order valence-corrected chi connectivity index (χ1v) is 7.45. The van der Waals surface area contributed by atoms with Crippen LogP contribution in [0.3, 0.4) is 0 Å². The van der Waals surface area contributed by atoms with Gasteiger partial charge in [0.1, 0.15) is 12.4 Å². The molecule has 0 fully saturated rings. The fourth-order valence-corrected chi connectivity index (χ4v) is 2.04. The summed E-state index contributed by atoms with van der Waals surface area (Å²) in [4.78, 5) is 0. The predicted octanol–water partition coefficient (Wildman–Crippen LogP) is 3.76. The molecule has 0 unspecified atom stereocenters. The van der Waals surface area contributed by atoms with Gasteiger partial charge in [-0.25, -0.2) is 0 Å². The Morgan fingerprint density at radius 1 is 1.05 bits per heavy atom. The van der Waals surface area contributed by atoms with Crippen LogP contribution in [0.5, 0.6) is 11.5 Å². The molecule has 0 aliphatic heterocycles. The molecule has 0 bridgehead atoms. The van der Waals surface area contributed by atoms with Gasteiger partial charge in [-0.05, 0) is 38.1 Å². The van der Waals surface area contributed by atoms with Crippen molar-refractivity contribution in [1.29, 1.82) is 0 Å². The van der Waals surface area contributed by atoms with Gasteiger partial charge in [-0.1, -0.05) is 19.1 Å². The highest BCUT2D eigenvalue weighted by molar-refractivity contribution is 5.39. The lowest BCUT2D eigenvalue weighted by molar-refractivity contribution is 0.246. The standard InChI is InChI=1S/C17H23NO3/c1-3-10-18-12-14-9-11-20-17(14)13-21-16-8-6-5-7-15(16)19-4-2/h5-9,11,18H,3-4,10,12-13H2,1-2H3. The summed E-state index contributed by atoms with van der Waals surface area (Å²) in [6.07, 6.45) is 2.82. The van der Waals surface area contributed by atoms with E-state index in [1.165, 1.54) is 0 Å². The summed E-state index contributed by atoms with van der Waals surface area (Å²) in [5.74, 6) is 2.35. The lowest BCUT2D eigenvalue weighted by atomic mass is 10.2. The quantitative estimate of drug-likeness (QED) is 0.714. The number of hydrogen-bond donors (Lipinski definition) is 1. The average molecular weight is 289 g/mol.